The van der Waals surface area contributed by atoms with Crippen molar-refractivity contribution >= 4 is 11.5 Å². The Hall–Kier alpha value is -1.94. The van der Waals surface area contributed by atoms with Crippen LogP contribution >= 0.6 is 0 Å². The van der Waals surface area contributed by atoms with Gasteiger partial charge in [-0.2, -0.15) is 0 Å². The van der Waals surface area contributed by atoms with Crippen LogP contribution in [0.1, 0.15) is 22.4 Å². The average Bonchev–Trinajstić information content (AvgIpc) is 2.49. The molecule has 0 fully saturated rings. The molecule has 20 heavy (non-hydrogen) atoms. The molecule has 0 aliphatic carbocycles. The first-order valence-electron chi connectivity index (χ1n) is 7.01. The van der Waals surface area contributed by atoms with Crippen LogP contribution in [0.5, 0.6) is 0 Å². The van der Waals surface area contributed by atoms with E-state index in [1.807, 2.05) is 0 Å². The van der Waals surface area contributed by atoms with Crippen molar-refractivity contribution in [1.29, 1.82) is 0 Å². The molecule has 1 N–H and O–H groups in total. The summed E-state index contributed by atoms with van der Waals surface area (Å²) < 4.78 is 0. The lowest BCUT2D eigenvalue weighted by molar-refractivity contribution is 0.625. The lowest BCUT2D eigenvalue weighted by Crippen LogP contribution is -2.27. The monoisotopic (exact) mass is 268 g/mol. The average molecular weight is 268 g/mol. The molecule has 0 saturated heterocycles. The number of anilines is 2. The van der Waals surface area contributed by atoms with Crippen LogP contribution in [0.4, 0.5) is 11.5 Å². The van der Waals surface area contributed by atoms with Gasteiger partial charge < -0.3 is 10.2 Å². The third kappa shape index (κ3) is 2.27. The second-order valence-corrected chi connectivity index (χ2v) is 5.38. The topological polar surface area (TPSA) is 41.1 Å². The number of aryl methyl sites for hydroxylation is 2. The number of nitrogens with one attached hydrogen (secondary N) is 1. The van der Waals surface area contributed by atoms with Gasteiger partial charge in [-0.25, -0.2) is 9.97 Å². The summed E-state index contributed by atoms with van der Waals surface area (Å²) in [5.74, 6) is 1.01. The van der Waals surface area contributed by atoms with Crippen LogP contribution in [0, 0.1) is 13.8 Å². The molecule has 104 valence electrons. The number of hydrogen-bond acceptors (Lipinski definition) is 4. The zero-order valence-corrected chi connectivity index (χ0v) is 12.3. The van der Waals surface area contributed by atoms with Gasteiger partial charge in [-0.15, -0.1) is 0 Å². The van der Waals surface area contributed by atoms with Gasteiger partial charge in [0.25, 0.3) is 0 Å². The number of nitrogens with zero attached hydrogens (tertiary/aromatic N) is 3. The van der Waals surface area contributed by atoms with E-state index < -0.39 is 0 Å². The van der Waals surface area contributed by atoms with Crippen LogP contribution in [-0.2, 0) is 13.0 Å². The lowest BCUT2D eigenvalue weighted by Gasteiger charge is -2.25. The van der Waals surface area contributed by atoms with Crippen LogP contribution in [0.2, 0.25) is 0 Å². The summed E-state index contributed by atoms with van der Waals surface area (Å²) in [6.45, 7) is 6.12. The summed E-state index contributed by atoms with van der Waals surface area (Å²) in [7, 11) is 2.07. The molecule has 1 aliphatic rings. The Kier molecular flexibility index (Phi) is 3.40. The first-order valence-corrected chi connectivity index (χ1v) is 7.01. The maximum atomic E-state index is 4.50. The fourth-order valence-electron chi connectivity index (χ4n) is 2.60. The highest BCUT2D eigenvalue weighted by molar-refractivity contribution is 5.64. The largest absolute Gasteiger partial charge is 0.329 e. The molecule has 0 spiro atoms. The first kappa shape index (κ1) is 13.1. The standard InChI is InChI=1S/C16H20N4/c1-11-4-5-13(8-12(11)2)20(3)16-14-9-17-7-6-15(14)18-10-19-16/h4-5,8,10,17H,6-7,9H2,1-3H3. The third-order valence-electron chi connectivity index (χ3n) is 4.05. The second-order valence-electron chi connectivity index (χ2n) is 5.38. The Morgan fingerprint density at radius 1 is 1.15 bits per heavy atom. The summed E-state index contributed by atoms with van der Waals surface area (Å²) in [4.78, 5) is 11.1. The van der Waals surface area contributed by atoms with Crippen molar-refractivity contribution in [1.82, 2.24) is 15.3 Å². The van der Waals surface area contributed by atoms with Crippen molar-refractivity contribution in [3.8, 4) is 0 Å². The van der Waals surface area contributed by atoms with Gasteiger partial charge in [-0.05, 0) is 37.1 Å². The van der Waals surface area contributed by atoms with Gasteiger partial charge in [0.15, 0.2) is 0 Å². The molecule has 0 radical (unpaired) electrons. The highest BCUT2D eigenvalue weighted by Crippen LogP contribution is 2.28. The van der Waals surface area contributed by atoms with Gasteiger partial charge in [-0.1, -0.05) is 6.07 Å². The second kappa shape index (κ2) is 5.21. The van der Waals surface area contributed by atoms with E-state index in [1.54, 1.807) is 6.33 Å². The zero-order chi connectivity index (χ0) is 14.1. The van der Waals surface area contributed by atoms with E-state index in [-0.39, 0.29) is 0 Å². The quantitative estimate of drug-likeness (QED) is 0.908. The summed E-state index contributed by atoms with van der Waals surface area (Å²) >= 11 is 0. The van der Waals surface area contributed by atoms with Crippen molar-refractivity contribution in [3.63, 3.8) is 0 Å². The Morgan fingerprint density at radius 2 is 2.00 bits per heavy atom. The molecule has 3 rings (SSSR count). The number of fused-ring (bicyclic) bond motifs is 1. The Labute approximate surface area is 119 Å². The van der Waals surface area contributed by atoms with Crippen molar-refractivity contribution in [2.75, 3.05) is 18.5 Å². The van der Waals surface area contributed by atoms with Crippen molar-refractivity contribution in [2.24, 2.45) is 0 Å². The Balaban J connectivity index is 2.02. The van der Waals surface area contributed by atoms with Gasteiger partial charge in [0, 0.05) is 37.8 Å². The number of aromatic nitrogens is 2. The van der Waals surface area contributed by atoms with E-state index in [1.165, 1.54) is 28.1 Å². The van der Waals surface area contributed by atoms with Gasteiger partial charge in [0.2, 0.25) is 0 Å². The summed E-state index contributed by atoms with van der Waals surface area (Å²) in [6, 6.07) is 6.51. The molecule has 1 aromatic heterocycles. The fraction of sp³-hybridized carbons (Fsp3) is 0.375. The maximum absolute atomic E-state index is 4.50. The Bertz CT molecular complexity index is 636. The summed E-state index contributed by atoms with van der Waals surface area (Å²) in [5, 5.41) is 3.40. The van der Waals surface area contributed by atoms with Gasteiger partial charge in [-0.3, -0.25) is 0 Å². The predicted molar refractivity (Wildman–Crippen MR) is 81.4 cm³/mol. The van der Waals surface area contributed by atoms with Crippen molar-refractivity contribution < 1.29 is 0 Å². The number of rotatable bonds is 2. The molecular formula is C16H20N4. The van der Waals surface area contributed by atoms with Crippen molar-refractivity contribution in [2.45, 2.75) is 26.8 Å². The zero-order valence-electron chi connectivity index (χ0n) is 12.3. The third-order valence-corrected chi connectivity index (χ3v) is 4.05. The van der Waals surface area contributed by atoms with Crippen LogP contribution in [0.15, 0.2) is 24.5 Å². The minimum atomic E-state index is 0.848. The molecule has 1 aliphatic heterocycles. The molecule has 4 nitrogen and oxygen atoms in total. The SMILES string of the molecule is Cc1ccc(N(C)c2ncnc3c2CNCC3)cc1C. The van der Waals surface area contributed by atoms with Crippen LogP contribution in [-0.4, -0.2) is 23.6 Å². The van der Waals surface area contributed by atoms with E-state index >= 15 is 0 Å². The maximum Gasteiger partial charge on any atom is 0.140 e. The smallest absolute Gasteiger partial charge is 0.140 e. The normalized spacial score (nSPS) is 13.9. The van der Waals surface area contributed by atoms with Gasteiger partial charge >= 0.3 is 0 Å². The van der Waals surface area contributed by atoms with Gasteiger partial charge in [0.1, 0.15) is 12.1 Å². The molecular weight excluding hydrogens is 248 g/mol. The summed E-state index contributed by atoms with van der Waals surface area (Å²) in [6.07, 6.45) is 2.66. The predicted octanol–water partition coefficient (Wildman–Crippen LogP) is 2.51. The molecule has 0 saturated carbocycles. The van der Waals surface area contributed by atoms with Crippen LogP contribution in [0.3, 0.4) is 0 Å². The number of hydrogen-bond donors (Lipinski definition) is 1. The molecule has 0 amide bonds. The minimum Gasteiger partial charge on any atom is -0.329 e. The van der Waals surface area contributed by atoms with Gasteiger partial charge in [0.05, 0.1) is 5.69 Å². The van der Waals surface area contributed by atoms with Crippen LogP contribution < -0.4 is 10.2 Å². The number of benzene rings is 1. The van der Waals surface area contributed by atoms with E-state index in [0.29, 0.717) is 0 Å². The first-order chi connectivity index (χ1) is 9.66. The minimum absolute atomic E-state index is 0.848. The van der Waals surface area contributed by atoms with E-state index in [9.17, 15) is 0 Å². The highest BCUT2D eigenvalue weighted by Gasteiger charge is 2.18. The Morgan fingerprint density at radius 3 is 2.80 bits per heavy atom. The molecule has 1 aromatic carbocycles. The fourth-order valence-corrected chi connectivity index (χ4v) is 2.60. The molecule has 4 heteroatoms. The van der Waals surface area contributed by atoms with E-state index in [0.717, 1.165) is 25.3 Å². The van der Waals surface area contributed by atoms with Crippen LogP contribution in [0.25, 0.3) is 0 Å². The van der Waals surface area contributed by atoms with Crippen molar-refractivity contribution in [3.05, 3.63) is 46.9 Å². The molecule has 2 heterocycles. The molecule has 0 atom stereocenters. The molecule has 2 aromatic rings. The molecule has 0 bridgehead atoms. The highest BCUT2D eigenvalue weighted by atomic mass is 15.2. The lowest BCUT2D eigenvalue weighted by atomic mass is 10.1. The van der Waals surface area contributed by atoms with E-state index in [2.05, 4.69) is 59.3 Å². The van der Waals surface area contributed by atoms with E-state index in [4.69, 9.17) is 0 Å². The summed E-state index contributed by atoms with van der Waals surface area (Å²) in [5.41, 5.74) is 6.17. The molecule has 0 unspecified atom stereocenters.